The number of hydrogen-bond acceptors (Lipinski definition) is 4. The first kappa shape index (κ1) is 30.2. The SMILES string of the molecule is CSCCN(Cc1cccc(-n2c3ccccc3c3ccccc32)c1O)Cc1cc(C)cc(-n2c3ccccc3c3ccccc32)c1O. The first-order valence-electron chi connectivity index (χ1n) is 16.3. The van der Waals surface area contributed by atoms with Crippen molar-refractivity contribution in [2.45, 2.75) is 20.0 Å². The summed E-state index contributed by atoms with van der Waals surface area (Å²) < 4.78 is 4.35. The summed E-state index contributed by atoms with van der Waals surface area (Å²) in [5.74, 6) is 1.49. The predicted molar refractivity (Wildman–Crippen MR) is 202 cm³/mol. The predicted octanol–water partition coefficient (Wildman–Crippen LogP) is 9.97. The van der Waals surface area contributed by atoms with E-state index in [-0.39, 0.29) is 11.5 Å². The number of fused-ring (bicyclic) bond motifs is 6. The van der Waals surface area contributed by atoms with Crippen LogP contribution in [0.3, 0.4) is 0 Å². The molecule has 0 fully saturated rings. The number of hydrogen-bond donors (Lipinski definition) is 2. The number of nitrogens with zero attached hydrogens (tertiary/aromatic N) is 3. The Bertz CT molecular complexity index is 2350. The average Bonchev–Trinajstić information content (AvgIpc) is 3.62. The van der Waals surface area contributed by atoms with E-state index in [0.717, 1.165) is 84.0 Å². The van der Waals surface area contributed by atoms with Gasteiger partial charge in [0.1, 0.15) is 11.5 Å². The highest BCUT2D eigenvalue weighted by atomic mass is 32.2. The minimum atomic E-state index is 0.276. The van der Waals surface area contributed by atoms with Crippen molar-refractivity contribution in [3.8, 4) is 22.9 Å². The third kappa shape index (κ3) is 5.09. The van der Waals surface area contributed by atoms with Crippen molar-refractivity contribution in [1.29, 1.82) is 0 Å². The van der Waals surface area contributed by atoms with E-state index in [1.807, 2.05) is 30.3 Å². The molecule has 2 N–H and O–H groups in total. The second-order valence-corrected chi connectivity index (χ2v) is 13.5. The van der Waals surface area contributed by atoms with Gasteiger partial charge in [-0.05, 0) is 55.1 Å². The summed E-state index contributed by atoms with van der Waals surface area (Å²) in [6.07, 6.45) is 2.11. The van der Waals surface area contributed by atoms with E-state index in [2.05, 4.69) is 124 Å². The molecule has 0 atom stereocenters. The Morgan fingerprint density at radius 1 is 0.542 bits per heavy atom. The number of aromatic nitrogens is 2. The Balaban J connectivity index is 1.19. The van der Waals surface area contributed by atoms with Crippen LogP contribution in [0.1, 0.15) is 16.7 Å². The van der Waals surface area contributed by atoms with Gasteiger partial charge in [0.15, 0.2) is 0 Å². The molecule has 0 unspecified atom stereocenters. The average molecular weight is 648 g/mol. The number of para-hydroxylation sites is 5. The normalized spacial score (nSPS) is 11.9. The van der Waals surface area contributed by atoms with Crippen LogP contribution in [0.2, 0.25) is 0 Å². The molecular formula is C42H37N3O2S. The van der Waals surface area contributed by atoms with Crippen molar-refractivity contribution in [2.24, 2.45) is 0 Å². The summed E-state index contributed by atoms with van der Waals surface area (Å²) in [6.45, 7) is 3.97. The molecule has 0 aliphatic rings. The summed E-state index contributed by atoms with van der Waals surface area (Å²) in [6, 6.07) is 43.7. The maximum atomic E-state index is 12.0. The molecule has 48 heavy (non-hydrogen) atoms. The molecule has 0 bridgehead atoms. The summed E-state index contributed by atoms with van der Waals surface area (Å²) >= 11 is 1.80. The number of rotatable bonds is 9. The molecule has 0 aliphatic carbocycles. The molecular weight excluding hydrogens is 611 g/mol. The van der Waals surface area contributed by atoms with Gasteiger partial charge in [-0.25, -0.2) is 0 Å². The van der Waals surface area contributed by atoms with Gasteiger partial charge in [0.05, 0.1) is 33.4 Å². The molecule has 8 rings (SSSR count). The number of benzene rings is 6. The van der Waals surface area contributed by atoms with Crippen LogP contribution in [0.25, 0.3) is 55.0 Å². The quantitative estimate of drug-likeness (QED) is 0.164. The van der Waals surface area contributed by atoms with E-state index in [1.54, 1.807) is 11.8 Å². The van der Waals surface area contributed by atoms with E-state index in [0.29, 0.717) is 13.1 Å². The molecule has 0 radical (unpaired) electrons. The zero-order valence-corrected chi connectivity index (χ0v) is 27.9. The zero-order valence-electron chi connectivity index (χ0n) is 27.1. The number of thioether (sulfide) groups is 1. The van der Waals surface area contributed by atoms with Crippen LogP contribution in [0.5, 0.6) is 11.5 Å². The molecule has 5 nitrogen and oxygen atoms in total. The minimum Gasteiger partial charge on any atom is -0.505 e. The Labute approximate surface area is 284 Å². The van der Waals surface area contributed by atoms with Crippen LogP contribution in [0.4, 0.5) is 0 Å². The van der Waals surface area contributed by atoms with E-state index >= 15 is 0 Å². The van der Waals surface area contributed by atoms with E-state index in [1.165, 1.54) is 0 Å². The summed E-state index contributed by atoms with van der Waals surface area (Å²) in [7, 11) is 0. The molecule has 6 heteroatoms. The molecule has 2 heterocycles. The maximum absolute atomic E-state index is 12.0. The lowest BCUT2D eigenvalue weighted by atomic mass is 10.1. The first-order chi connectivity index (χ1) is 23.5. The largest absolute Gasteiger partial charge is 0.505 e. The maximum Gasteiger partial charge on any atom is 0.144 e. The van der Waals surface area contributed by atoms with Crippen LogP contribution in [-0.4, -0.2) is 42.8 Å². The third-order valence-electron chi connectivity index (χ3n) is 9.45. The van der Waals surface area contributed by atoms with Gasteiger partial charge >= 0.3 is 0 Å². The van der Waals surface area contributed by atoms with Crippen molar-refractivity contribution in [1.82, 2.24) is 14.0 Å². The molecule has 0 saturated carbocycles. The van der Waals surface area contributed by atoms with Gasteiger partial charge in [0, 0.05) is 58.1 Å². The molecule has 0 saturated heterocycles. The third-order valence-corrected chi connectivity index (χ3v) is 10.0. The second kappa shape index (κ2) is 12.5. The topological polar surface area (TPSA) is 53.6 Å². The highest BCUT2D eigenvalue weighted by molar-refractivity contribution is 7.98. The minimum absolute atomic E-state index is 0.276. The molecule has 0 aliphatic heterocycles. The number of phenolic OH excluding ortho intramolecular Hbond substituents is 2. The number of phenols is 2. The van der Waals surface area contributed by atoms with Crippen LogP contribution in [0, 0.1) is 6.92 Å². The highest BCUT2D eigenvalue weighted by Gasteiger charge is 2.21. The smallest absolute Gasteiger partial charge is 0.144 e. The molecule has 238 valence electrons. The standard InChI is InChI=1S/C42H37N3O2S/c1-28-24-30(42(47)40(25-28)45-37-19-9-5-15-33(37)34-16-6-10-20-38(34)45)27-43(22-23-48-2)26-29-12-11-21-39(41(29)46)44-35-17-7-3-13-31(35)32-14-4-8-18-36(32)44/h3-21,24-25,46-47H,22-23,26-27H2,1-2H3. The highest BCUT2D eigenvalue weighted by Crippen LogP contribution is 2.39. The fraction of sp³-hybridized carbons (Fsp3) is 0.143. The van der Waals surface area contributed by atoms with Crippen molar-refractivity contribution in [2.75, 3.05) is 18.6 Å². The van der Waals surface area contributed by atoms with Gasteiger partial charge < -0.3 is 19.3 Å². The molecule has 2 aromatic heterocycles. The van der Waals surface area contributed by atoms with Crippen molar-refractivity contribution in [3.05, 3.63) is 144 Å². The monoisotopic (exact) mass is 647 g/mol. The Kier molecular flexibility index (Phi) is 7.83. The second-order valence-electron chi connectivity index (χ2n) is 12.5. The lowest BCUT2D eigenvalue weighted by molar-refractivity contribution is 0.265. The Hall–Kier alpha value is -5.17. The zero-order chi connectivity index (χ0) is 32.8. The lowest BCUT2D eigenvalue weighted by Gasteiger charge is -2.25. The lowest BCUT2D eigenvalue weighted by Crippen LogP contribution is -2.25. The fourth-order valence-corrected chi connectivity index (χ4v) is 7.73. The number of aryl methyl sites for hydroxylation is 1. The van der Waals surface area contributed by atoms with Crippen molar-refractivity contribution < 1.29 is 10.2 Å². The number of aromatic hydroxyl groups is 2. The summed E-state index contributed by atoms with van der Waals surface area (Å²) in [5.41, 5.74) is 8.61. The molecule has 8 aromatic rings. The van der Waals surface area contributed by atoms with Crippen LogP contribution >= 0.6 is 11.8 Å². The Morgan fingerprint density at radius 2 is 1.00 bits per heavy atom. The molecule has 0 spiro atoms. The van der Waals surface area contributed by atoms with Gasteiger partial charge in [-0.1, -0.05) is 91.0 Å². The molecule has 6 aromatic carbocycles. The fourth-order valence-electron chi connectivity index (χ4n) is 7.29. The van der Waals surface area contributed by atoms with Crippen LogP contribution < -0.4 is 0 Å². The van der Waals surface area contributed by atoms with Gasteiger partial charge in [-0.15, -0.1) is 0 Å². The molecule has 0 amide bonds. The van der Waals surface area contributed by atoms with Gasteiger partial charge in [-0.3, -0.25) is 4.90 Å². The summed E-state index contributed by atoms with van der Waals surface area (Å²) in [5, 5.41) is 28.5. The van der Waals surface area contributed by atoms with E-state index in [4.69, 9.17) is 0 Å². The van der Waals surface area contributed by atoms with Crippen LogP contribution in [-0.2, 0) is 13.1 Å². The summed E-state index contributed by atoms with van der Waals surface area (Å²) in [4.78, 5) is 2.32. The van der Waals surface area contributed by atoms with Crippen LogP contribution in [0.15, 0.2) is 127 Å². The first-order valence-corrected chi connectivity index (χ1v) is 17.7. The van der Waals surface area contributed by atoms with E-state index < -0.39 is 0 Å². The van der Waals surface area contributed by atoms with E-state index in [9.17, 15) is 10.2 Å². The van der Waals surface area contributed by atoms with Gasteiger partial charge in [0.25, 0.3) is 0 Å². The van der Waals surface area contributed by atoms with Crippen molar-refractivity contribution in [3.63, 3.8) is 0 Å². The van der Waals surface area contributed by atoms with Gasteiger partial charge in [-0.2, -0.15) is 11.8 Å². The Morgan fingerprint density at radius 3 is 1.52 bits per heavy atom. The van der Waals surface area contributed by atoms with Gasteiger partial charge in [0.2, 0.25) is 0 Å². The van der Waals surface area contributed by atoms with Crippen molar-refractivity contribution >= 4 is 55.4 Å².